The van der Waals surface area contributed by atoms with Gasteiger partial charge in [-0.15, -0.1) is 5.10 Å². The zero-order valence-electron chi connectivity index (χ0n) is 20.4. The van der Waals surface area contributed by atoms with Crippen LogP contribution in [0.25, 0.3) is 5.57 Å². The Hall–Kier alpha value is -3.82. The molecule has 2 aromatic carbocycles. The van der Waals surface area contributed by atoms with E-state index in [1.165, 1.54) is 41.1 Å². The number of nitrogens with zero attached hydrogens (tertiary/aromatic N) is 4. The topological polar surface area (TPSA) is 69.4 Å². The van der Waals surface area contributed by atoms with E-state index in [4.69, 9.17) is 4.74 Å². The number of fused-ring (bicyclic) bond motifs is 1. The summed E-state index contributed by atoms with van der Waals surface area (Å²) in [6, 6.07) is 13.3. The highest BCUT2D eigenvalue weighted by Gasteiger charge is 2.35. The van der Waals surface area contributed by atoms with Crippen molar-refractivity contribution in [2.24, 2.45) is 7.05 Å². The lowest BCUT2D eigenvalue weighted by atomic mass is 10.0. The highest BCUT2D eigenvalue weighted by atomic mass is 19.4. The van der Waals surface area contributed by atoms with Gasteiger partial charge in [-0.3, -0.25) is 9.36 Å². The first kappa shape index (κ1) is 24.9. The molecule has 0 unspecified atom stereocenters. The van der Waals surface area contributed by atoms with Gasteiger partial charge in [-0.05, 0) is 41.7 Å². The van der Waals surface area contributed by atoms with Crippen LogP contribution in [-0.2, 0) is 26.2 Å². The number of aromatic nitrogens is 3. The van der Waals surface area contributed by atoms with Gasteiger partial charge in [0.2, 0.25) is 5.82 Å². The Morgan fingerprint density at radius 3 is 2.49 bits per heavy atom. The number of hydrogen-bond acceptors (Lipinski definition) is 5. The van der Waals surface area contributed by atoms with E-state index in [-0.39, 0.29) is 11.6 Å². The van der Waals surface area contributed by atoms with Crippen molar-refractivity contribution in [1.29, 1.82) is 0 Å². The van der Waals surface area contributed by atoms with E-state index in [2.05, 4.69) is 23.3 Å². The van der Waals surface area contributed by atoms with Crippen molar-refractivity contribution in [2.45, 2.75) is 44.5 Å². The third-order valence-electron chi connectivity index (χ3n) is 6.97. The molecule has 0 radical (unpaired) electrons. The normalized spacial score (nSPS) is 16.0. The van der Waals surface area contributed by atoms with Gasteiger partial charge >= 0.3 is 11.9 Å². The van der Waals surface area contributed by atoms with Crippen LogP contribution in [0.5, 0.6) is 5.75 Å². The van der Waals surface area contributed by atoms with Crippen LogP contribution in [0.15, 0.2) is 64.2 Å². The second-order valence-electron chi connectivity index (χ2n) is 9.33. The van der Waals surface area contributed by atoms with Crippen LogP contribution >= 0.6 is 0 Å². The average Bonchev–Trinajstić information content (AvgIpc) is 3.30. The maximum atomic E-state index is 13.3. The fourth-order valence-electron chi connectivity index (χ4n) is 4.94. The smallest absolute Gasteiger partial charge is 0.419 e. The molecule has 1 fully saturated rings. The molecule has 37 heavy (non-hydrogen) atoms. The molecule has 0 saturated carbocycles. The standard InChI is InChI=1S/C27H27F3N4O3/c1-32-25(35)24(31-34(26(32)36)17-12-19-11-10-18-6-2-3-7-21(18)19)33-15-13-20(14-16-33)37-23-9-5-4-8-22(23)27(28,29)30/h2-9,11,20H,10,12-17H2,1H3. The van der Waals surface area contributed by atoms with E-state index in [9.17, 15) is 22.8 Å². The first-order valence-electron chi connectivity index (χ1n) is 12.3. The molecule has 10 heteroatoms. The Morgan fingerprint density at radius 1 is 1.03 bits per heavy atom. The summed E-state index contributed by atoms with van der Waals surface area (Å²) in [6.45, 7) is 1.07. The van der Waals surface area contributed by atoms with E-state index in [0.29, 0.717) is 38.9 Å². The van der Waals surface area contributed by atoms with Gasteiger partial charge in [0.25, 0.3) is 5.56 Å². The predicted molar refractivity (Wildman–Crippen MR) is 134 cm³/mol. The van der Waals surface area contributed by atoms with Gasteiger partial charge in [0.1, 0.15) is 11.9 Å². The summed E-state index contributed by atoms with van der Waals surface area (Å²) in [7, 11) is 1.43. The highest BCUT2D eigenvalue weighted by Crippen LogP contribution is 2.37. The maximum absolute atomic E-state index is 13.3. The van der Waals surface area contributed by atoms with Gasteiger partial charge in [-0.25, -0.2) is 9.48 Å². The molecule has 2 aliphatic rings. The largest absolute Gasteiger partial charge is 0.490 e. The van der Waals surface area contributed by atoms with Crippen molar-refractivity contribution in [3.63, 3.8) is 0 Å². The first-order valence-corrected chi connectivity index (χ1v) is 12.3. The lowest BCUT2D eigenvalue weighted by Crippen LogP contribution is -2.47. The number of rotatable bonds is 6. The fourth-order valence-corrected chi connectivity index (χ4v) is 4.94. The summed E-state index contributed by atoms with van der Waals surface area (Å²) in [5.41, 5.74) is 1.80. The number of piperidine rings is 1. The lowest BCUT2D eigenvalue weighted by Gasteiger charge is -2.33. The minimum Gasteiger partial charge on any atom is -0.490 e. The van der Waals surface area contributed by atoms with Crippen LogP contribution in [0.2, 0.25) is 0 Å². The van der Waals surface area contributed by atoms with E-state index in [0.717, 1.165) is 22.6 Å². The Labute approximate surface area is 211 Å². The van der Waals surface area contributed by atoms with Crippen LogP contribution in [0, 0.1) is 0 Å². The van der Waals surface area contributed by atoms with Crippen molar-refractivity contribution in [1.82, 2.24) is 14.3 Å². The van der Waals surface area contributed by atoms with E-state index < -0.39 is 29.1 Å². The van der Waals surface area contributed by atoms with E-state index in [1.807, 2.05) is 12.1 Å². The predicted octanol–water partition coefficient (Wildman–Crippen LogP) is 4.04. The van der Waals surface area contributed by atoms with Gasteiger partial charge in [-0.1, -0.05) is 42.5 Å². The molecule has 0 bridgehead atoms. The molecular weight excluding hydrogens is 485 g/mol. The van der Waals surface area contributed by atoms with Crippen LogP contribution in [0.1, 0.15) is 36.0 Å². The third kappa shape index (κ3) is 5.05. The molecule has 5 rings (SSSR count). The van der Waals surface area contributed by atoms with Crippen molar-refractivity contribution < 1.29 is 17.9 Å². The molecular formula is C27H27F3N4O3. The Bertz CT molecular complexity index is 1450. The number of para-hydroxylation sites is 1. The van der Waals surface area contributed by atoms with Crippen LogP contribution in [-0.4, -0.2) is 33.5 Å². The number of benzene rings is 2. The lowest BCUT2D eigenvalue weighted by molar-refractivity contribution is -0.139. The van der Waals surface area contributed by atoms with Gasteiger partial charge in [0, 0.05) is 33.0 Å². The average molecular weight is 513 g/mol. The summed E-state index contributed by atoms with van der Waals surface area (Å²) in [4.78, 5) is 27.4. The Morgan fingerprint density at radius 2 is 1.73 bits per heavy atom. The van der Waals surface area contributed by atoms with Gasteiger partial charge in [0.05, 0.1) is 12.1 Å². The molecule has 7 nitrogen and oxygen atoms in total. The molecule has 0 atom stereocenters. The molecule has 1 aliphatic carbocycles. The molecule has 194 valence electrons. The second kappa shape index (κ2) is 9.91. The van der Waals surface area contributed by atoms with Crippen LogP contribution in [0.3, 0.4) is 0 Å². The summed E-state index contributed by atoms with van der Waals surface area (Å²) in [5, 5.41) is 4.41. The van der Waals surface area contributed by atoms with Crippen molar-refractivity contribution in [2.75, 3.05) is 18.0 Å². The van der Waals surface area contributed by atoms with Crippen LogP contribution < -0.4 is 20.9 Å². The minimum atomic E-state index is -4.50. The molecule has 1 aromatic heterocycles. The van der Waals surface area contributed by atoms with Crippen molar-refractivity contribution in [3.05, 3.63) is 92.1 Å². The van der Waals surface area contributed by atoms with E-state index >= 15 is 0 Å². The summed E-state index contributed by atoms with van der Waals surface area (Å²) >= 11 is 0. The number of ether oxygens (including phenoxy) is 1. The molecule has 2 heterocycles. The first-order chi connectivity index (χ1) is 17.7. The van der Waals surface area contributed by atoms with Crippen molar-refractivity contribution >= 4 is 11.4 Å². The number of allylic oxidation sites excluding steroid dienone is 2. The highest BCUT2D eigenvalue weighted by molar-refractivity contribution is 5.72. The molecule has 1 saturated heterocycles. The summed E-state index contributed by atoms with van der Waals surface area (Å²) in [6.07, 6.45) is -0.478. The molecule has 0 spiro atoms. The van der Waals surface area contributed by atoms with E-state index in [1.54, 1.807) is 4.90 Å². The molecule has 1 aliphatic heterocycles. The number of aryl methyl sites for hydroxylation is 1. The van der Waals surface area contributed by atoms with Gasteiger partial charge < -0.3 is 9.64 Å². The fraction of sp³-hybridized carbons (Fsp3) is 0.370. The number of alkyl halides is 3. The number of anilines is 1. The van der Waals surface area contributed by atoms with Crippen LogP contribution in [0.4, 0.5) is 19.0 Å². The zero-order valence-corrected chi connectivity index (χ0v) is 20.4. The molecule has 0 amide bonds. The SMILES string of the molecule is Cn1c(=O)c(N2CCC(Oc3ccccc3C(F)(F)F)CC2)nn(CCC2=CCc3ccccc32)c1=O. The second-order valence-corrected chi connectivity index (χ2v) is 9.33. The monoisotopic (exact) mass is 512 g/mol. The third-order valence-corrected chi connectivity index (χ3v) is 6.97. The summed E-state index contributed by atoms with van der Waals surface area (Å²) < 4.78 is 48.0. The summed E-state index contributed by atoms with van der Waals surface area (Å²) in [5.74, 6) is -0.0316. The zero-order chi connectivity index (χ0) is 26.2. The maximum Gasteiger partial charge on any atom is 0.419 e. The Balaban J connectivity index is 1.28. The molecule has 3 aromatic rings. The molecule has 0 N–H and O–H groups in total. The quantitative estimate of drug-likeness (QED) is 0.499. The van der Waals surface area contributed by atoms with Gasteiger partial charge in [-0.2, -0.15) is 13.2 Å². The number of hydrogen-bond donors (Lipinski definition) is 0. The van der Waals surface area contributed by atoms with Crippen molar-refractivity contribution in [3.8, 4) is 5.75 Å². The minimum absolute atomic E-state index is 0.164. The number of halogens is 3. The Kier molecular flexibility index (Phi) is 6.66. The van der Waals surface area contributed by atoms with Gasteiger partial charge in [0.15, 0.2) is 0 Å².